The lowest BCUT2D eigenvalue weighted by atomic mass is 10.1. The number of phenolic OH excluding ortho intramolecular Hbond substituents is 1. The Morgan fingerprint density at radius 1 is 1.11 bits per heavy atom. The van der Waals surface area contributed by atoms with Crippen LogP contribution >= 0.6 is 0 Å². The molecule has 6 nitrogen and oxygen atoms in total. The summed E-state index contributed by atoms with van der Waals surface area (Å²) in [6.07, 6.45) is 0. The number of phenols is 1. The second-order valence-corrected chi connectivity index (χ2v) is 3.40. The van der Waals surface area contributed by atoms with E-state index in [0.29, 0.717) is 5.75 Å². The Labute approximate surface area is 105 Å². The van der Waals surface area contributed by atoms with Crippen molar-refractivity contribution in [2.24, 2.45) is 0 Å². The summed E-state index contributed by atoms with van der Waals surface area (Å²) in [4.78, 5) is 11.8. The fourth-order valence-corrected chi connectivity index (χ4v) is 1.56. The third-order valence-electron chi connectivity index (χ3n) is 2.38. The van der Waals surface area contributed by atoms with Crippen molar-refractivity contribution in [1.82, 2.24) is 0 Å². The maximum absolute atomic E-state index is 11.8. The normalized spacial score (nSPS) is 10.0. The minimum absolute atomic E-state index is 0.0521. The average Bonchev–Trinajstić information content (AvgIpc) is 2.38. The van der Waals surface area contributed by atoms with Gasteiger partial charge in [-0.3, -0.25) is 4.79 Å². The van der Waals surface area contributed by atoms with Gasteiger partial charge in [-0.2, -0.15) is 0 Å². The third kappa shape index (κ3) is 2.48. The molecule has 0 saturated heterocycles. The van der Waals surface area contributed by atoms with Crippen LogP contribution in [0.5, 0.6) is 23.0 Å². The summed E-state index contributed by atoms with van der Waals surface area (Å²) in [5.41, 5.74) is 0.0614. The first-order valence-corrected chi connectivity index (χ1v) is 5.14. The topological polar surface area (TPSA) is 74.2 Å². The van der Waals surface area contributed by atoms with E-state index in [0.717, 1.165) is 0 Å². The molecule has 1 aromatic rings. The van der Waals surface area contributed by atoms with Crippen LogP contribution in [-0.2, 0) is 4.74 Å². The second kappa shape index (κ2) is 6.11. The minimum atomic E-state index is -0.380. The lowest BCUT2D eigenvalue weighted by Crippen LogP contribution is -2.09. The van der Waals surface area contributed by atoms with Crippen LogP contribution in [0.3, 0.4) is 0 Å². The van der Waals surface area contributed by atoms with Crippen molar-refractivity contribution in [3.8, 4) is 23.0 Å². The second-order valence-electron chi connectivity index (χ2n) is 3.40. The Morgan fingerprint density at radius 3 is 2.17 bits per heavy atom. The molecule has 1 N–H and O–H groups in total. The van der Waals surface area contributed by atoms with Crippen molar-refractivity contribution in [1.29, 1.82) is 0 Å². The molecular weight excluding hydrogens is 240 g/mol. The summed E-state index contributed by atoms with van der Waals surface area (Å²) in [5.74, 6) is -0.0965. The summed E-state index contributed by atoms with van der Waals surface area (Å²) in [6.45, 7) is -0.147. The van der Waals surface area contributed by atoms with Crippen molar-refractivity contribution in [3.63, 3.8) is 0 Å². The van der Waals surface area contributed by atoms with Crippen molar-refractivity contribution < 1.29 is 28.8 Å². The van der Waals surface area contributed by atoms with E-state index in [-0.39, 0.29) is 35.2 Å². The number of benzene rings is 1. The zero-order valence-electron chi connectivity index (χ0n) is 10.8. The molecule has 0 heterocycles. The fraction of sp³-hybridized carbons (Fsp3) is 0.417. The molecule has 0 bridgehead atoms. The molecule has 0 radical (unpaired) electrons. The Bertz CT molecular complexity index is 441. The van der Waals surface area contributed by atoms with Crippen molar-refractivity contribution >= 4 is 5.78 Å². The molecule has 0 saturated carbocycles. The molecule has 0 aliphatic carbocycles. The molecule has 0 amide bonds. The zero-order chi connectivity index (χ0) is 13.7. The number of hydrogen-bond donors (Lipinski definition) is 1. The monoisotopic (exact) mass is 256 g/mol. The third-order valence-corrected chi connectivity index (χ3v) is 2.38. The quantitative estimate of drug-likeness (QED) is 0.772. The predicted octanol–water partition coefficient (Wildman–Crippen LogP) is 1.25. The van der Waals surface area contributed by atoms with E-state index in [1.807, 2.05) is 0 Å². The number of hydrogen-bond acceptors (Lipinski definition) is 6. The summed E-state index contributed by atoms with van der Waals surface area (Å²) in [6, 6.07) is 1.39. The van der Waals surface area contributed by atoms with Gasteiger partial charge in [0.05, 0.1) is 26.9 Å². The van der Waals surface area contributed by atoms with Crippen LogP contribution in [0.1, 0.15) is 10.4 Å². The van der Waals surface area contributed by atoms with E-state index in [1.165, 1.54) is 34.5 Å². The Balaban J connectivity index is 3.41. The first-order chi connectivity index (χ1) is 8.60. The van der Waals surface area contributed by atoms with Gasteiger partial charge in [0, 0.05) is 7.11 Å². The maximum Gasteiger partial charge on any atom is 0.207 e. The van der Waals surface area contributed by atoms with E-state index >= 15 is 0 Å². The number of methoxy groups -OCH3 is 4. The highest BCUT2D eigenvalue weighted by Gasteiger charge is 2.23. The van der Waals surface area contributed by atoms with E-state index in [9.17, 15) is 9.90 Å². The van der Waals surface area contributed by atoms with Gasteiger partial charge in [-0.15, -0.1) is 0 Å². The van der Waals surface area contributed by atoms with Gasteiger partial charge < -0.3 is 24.1 Å². The van der Waals surface area contributed by atoms with Crippen LogP contribution in [0, 0.1) is 0 Å². The fourth-order valence-electron chi connectivity index (χ4n) is 1.56. The number of ketones is 1. The van der Waals surface area contributed by atoms with Gasteiger partial charge in [-0.25, -0.2) is 0 Å². The van der Waals surface area contributed by atoms with Gasteiger partial charge in [-0.05, 0) is 6.07 Å². The maximum atomic E-state index is 11.8. The van der Waals surface area contributed by atoms with Gasteiger partial charge >= 0.3 is 0 Å². The highest BCUT2D eigenvalue weighted by molar-refractivity contribution is 6.01. The summed E-state index contributed by atoms with van der Waals surface area (Å²) < 4.78 is 19.9. The Morgan fingerprint density at radius 2 is 1.72 bits per heavy atom. The molecule has 0 unspecified atom stereocenters. The number of carbonyl (C=O) groups excluding carboxylic acids is 1. The molecule has 100 valence electrons. The van der Waals surface area contributed by atoms with Crippen molar-refractivity contribution in [3.05, 3.63) is 11.6 Å². The summed E-state index contributed by atoms with van der Waals surface area (Å²) in [7, 11) is 5.60. The van der Waals surface area contributed by atoms with E-state index < -0.39 is 0 Å². The molecular formula is C12H16O6. The number of carbonyl (C=O) groups is 1. The zero-order valence-corrected chi connectivity index (χ0v) is 10.8. The number of aromatic hydroxyl groups is 1. The number of Topliss-reactive ketones (excluding diaryl/α,β-unsaturated/α-hetero) is 1. The lowest BCUT2D eigenvalue weighted by molar-refractivity contribution is 0.0844. The Hall–Kier alpha value is -1.95. The van der Waals surface area contributed by atoms with E-state index in [2.05, 4.69) is 0 Å². The average molecular weight is 256 g/mol. The van der Waals surface area contributed by atoms with Crippen molar-refractivity contribution in [2.45, 2.75) is 0 Å². The molecule has 0 atom stereocenters. The molecule has 0 aliphatic rings. The Kier molecular flexibility index (Phi) is 4.79. The van der Waals surface area contributed by atoms with Gasteiger partial charge in [0.2, 0.25) is 11.5 Å². The highest BCUT2D eigenvalue weighted by Crippen LogP contribution is 2.45. The summed E-state index contributed by atoms with van der Waals surface area (Å²) >= 11 is 0. The predicted molar refractivity (Wildman–Crippen MR) is 64.0 cm³/mol. The molecule has 0 spiro atoms. The summed E-state index contributed by atoms with van der Waals surface area (Å²) in [5, 5.41) is 9.98. The van der Waals surface area contributed by atoms with Gasteiger partial charge in [0.25, 0.3) is 0 Å². The largest absolute Gasteiger partial charge is 0.504 e. The van der Waals surface area contributed by atoms with Gasteiger partial charge in [-0.1, -0.05) is 0 Å². The first-order valence-electron chi connectivity index (χ1n) is 5.14. The molecule has 0 aromatic heterocycles. The van der Waals surface area contributed by atoms with Crippen molar-refractivity contribution in [2.75, 3.05) is 35.0 Å². The SMILES string of the molecule is COCC(=O)c1cc(OC)c(OC)c(OC)c1O. The standard InChI is InChI=1S/C12H16O6/c1-15-6-8(13)7-5-9(16-2)11(17-3)12(18-4)10(7)14/h5,14H,6H2,1-4H3. The number of ether oxygens (including phenoxy) is 4. The van der Waals surface area contributed by atoms with Gasteiger partial charge in [0.1, 0.15) is 6.61 Å². The van der Waals surface area contributed by atoms with Crippen LogP contribution in [0.4, 0.5) is 0 Å². The first kappa shape index (κ1) is 14.1. The molecule has 6 heteroatoms. The minimum Gasteiger partial charge on any atom is -0.504 e. The lowest BCUT2D eigenvalue weighted by Gasteiger charge is -2.15. The number of rotatable bonds is 6. The van der Waals surface area contributed by atoms with Gasteiger partial charge in [0.15, 0.2) is 17.3 Å². The highest BCUT2D eigenvalue weighted by atomic mass is 16.5. The molecule has 0 aliphatic heterocycles. The van der Waals surface area contributed by atoms with Crippen LogP contribution in [0.15, 0.2) is 6.07 Å². The van der Waals surface area contributed by atoms with E-state index in [1.54, 1.807) is 0 Å². The van der Waals surface area contributed by atoms with Crippen LogP contribution in [-0.4, -0.2) is 45.9 Å². The van der Waals surface area contributed by atoms with E-state index in [4.69, 9.17) is 18.9 Å². The smallest absolute Gasteiger partial charge is 0.207 e. The molecule has 1 aromatic carbocycles. The van der Waals surface area contributed by atoms with Crippen LogP contribution < -0.4 is 14.2 Å². The van der Waals surface area contributed by atoms with Crippen LogP contribution in [0.25, 0.3) is 0 Å². The molecule has 1 rings (SSSR count). The molecule has 0 fully saturated rings. The van der Waals surface area contributed by atoms with Crippen LogP contribution in [0.2, 0.25) is 0 Å². The molecule has 18 heavy (non-hydrogen) atoms.